The predicted molar refractivity (Wildman–Crippen MR) is 94.3 cm³/mol. The fourth-order valence-corrected chi connectivity index (χ4v) is 2.39. The van der Waals surface area contributed by atoms with Crippen LogP contribution in [0.15, 0.2) is 48.5 Å². The molecule has 0 heterocycles. The van der Waals surface area contributed by atoms with Crippen molar-refractivity contribution in [1.82, 2.24) is 0 Å². The number of nitrogens with two attached hydrogens (primary N) is 1. The smallest absolute Gasteiger partial charge is 0.324 e. The van der Waals surface area contributed by atoms with Crippen molar-refractivity contribution in [2.45, 2.75) is 26.2 Å². The van der Waals surface area contributed by atoms with E-state index >= 15 is 0 Å². The molecule has 0 saturated heterocycles. The standard InChI is InChI=1S/C18H23N3O2/c1-2-3-7-12-20-14-10-11-16(17(22)13-14)21(18(19)23)15-8-5-4-6-9-15/h4-6,8-11,13,20,22H,2-3,7,12H2,1H3,(H2,19,23). The van der Waals surface area contributed by atoms with Crippen LogP contribution in [0, 0.1) is 0 Å². The Balaban J connectivity index is 2.19. The average molecular weight is 313 g/mol. The fraction of sp³-hybridized carbons (Fsp3) is 0.278. The quantitative estimate of drug-likeness (QED) is 0.670. The van der Waals surface area contributed by atoms with Gasteiger partial charge in [-0.05, 0) is 30.7 Å². The van der Waals surface area contributed by atoms with Gasteiger partial charge in [0.2, 0.25) is 0 Å². The van der Waals surface area contributed by atoms with Crippen LogP contribution in [0.25, 0.3) is 0 Å². The molecule has 2 amide bonds. The molecule has 0 spiro atoms. The first-order chi connectivity index (χ1) is 11.1. The number of unbranched alkanes of at least 4 members (excludes halogenated alkanes) is 2. The van der Waals surface area contributed by atoms with Crippen LogP contribution >= 0.6 is 0 Å². The highest BCUT2D eigenvalue weighted by molar-refractivity contribution is 6.00. The number of amides is 2. The molecule has 23 heavy (non-hydrogen) atoms. The zero-order chi connectivity index (χ0) is 16.7. The highest BCUT2D eigenvalue weighted by Gasteiger charge is 2.18. The van der Waals surface area contributed by atoms with Crippen molar-refractivity contribution >= 4 is 23.1 Å². The summed E-state index contributed by atoms with van der Waals surface area (Å²) in [6, 6.07) is 13.5. The Kier molecular flexibility index (Phi) is 5.86. The van der Waals surface area contributed by atoms with Crippen molar-refractivity contribution in [3.8, 4) is 5.75 Å². The molecule has 2 aromatic carbocycles. The van der Waals surface area contributed by atoms with E-state index in [1.165, 1.54) is 11.3 Å². The maximum atomic E-state index is 11.8. The van der Waals surface area contributed by atoms with E-state index < -0.39 is 6.03 Å². The molecule has 0 saturated carbocycles. The van der Waals surface area contributed by atoms with Crippen molar-refractivity contribution in [3.63, 3.8) is 0 Å². The van der Waals surface area contributed by atoms with Gasteiger partial charge < -0.3 is 16.2 Å². The number of nitrogens with zero attached hydrogens (tertiary/aromatic N) is 1. The Morgan fingerprint density at radius 2 is 1.91 bits per heavy atom. The van der Waals surface area contributed by atoms with Crippen LogP contribution in [0.5, 0.6) is 5.75 Å². The number of carbonyl (C=O) groups excluding carboxylic acids is 1. The number of aromatic hydroxyl groups is 1. The second-order valence-corrected chi connectivity index (χ2v) is 5.35. The summed E-state index contributed by atoms with van der Waals surface area (Å²) < 4.78 is 0. The molecule has 0 aliphatic rings. The first-order valence-corrected chi connectivity index (χ1v) is 7.85. The van der Waals surface area contributed by atoms with Gasteiger partial charge >= 0.3 is 6.03 Å². The van der Waals surface area contributed by atoms with Crippen LogP contribution in [0.2, 0.25) is 0 Å². The molecule has 2 aromatic rings. The van der Waals surface area contributed by atoms with Gasteiger partial charge in [-0.25, -0.2) is 4.79 Å². The SMILES string of the molecule is CCCCCNc1ccc(N(C(N)=O)c2ccccc2)c(O)c1. The van der Waals surface area contributed by atoms with Crippen molar-refractivity contribution in [2.75, 3.05) is 16.8 Å². The third-order valence-electron chi connectivity index (χ3n) is 3.56. The van der Waals surface area contributed by atoms with Crippen molar-refractivity contribution < 1.29 is 9.90 Å². The minimum absolute atomic E-state index is 0.00754. The molecule has 0 aromatic heterocycles. The molecule has 0 fully saturated rings. The molecule has 5 nitrogen and oxygen atoms in total. The minimum Gasteiger partial charge on any atom is -0.506 e. The normalized spacial score (nSPS) is 10.3. The molecule has 5 heteroatoms. The summed E-state index contributed by atoms with van der Waals surface area (Å²) in [6.07, 6.45) is 3.41. The van der Waals surface area contributed by atoms with Gasteiger partial charge in [-0.2, -0.15) is 0 Å². The Bertz CT molecular complexity index is 644. The van der Waals surface area contributed by atoms with Gasteiger partial charge in [0, 0.05) is 18.3 Å². The van der Waals surface area contributed by atoms with E-state index in [0.29, 0.717) is 11.4 Å². The number of carbonyl (C=O) groups is 1. The summed E-state index contributed by atoms with van der Waals surface area (Å²) in [7, 11) is 0. The van der Waals surface area contributed by atoms with E-state index in [1.54, 1.807) is 24.3 Å². The number of phenolic OH excluding ortho intramolecular Hbond substituents is 1. The molecule has 0 radical (unpaired) electrons. The summed E-state index contributed by atoms with van der Waals surface area (Å²) in [5, 5.41) is 13.5. The lowest BCUT2D eigenvalue weighted by Gasteiger charge is -2.22. The molecule has 122 valence electrons. The number of anilines is 3. The minimum atomic E-state index is -0.643. The zero-order valence-electron chi connectivity index (χ0n) is 13.3. The lowest BCUT2D eigenvalue weighted by molar-refractivity contribution is 0.256. The summed E-state index contributed by atoms with van der Waals surface area (Å²) >= 11 is 0. The third kappa shape index (κ3) is 4.39. The summed E-state index contributed by atoms with van der Waals surface area (Å²) in [4.78, 5) is 13.1. The van der Waals surface area contributed by atoms with Crippen molar-refractivity contribution in [2.24, 2.45) is 5.73 Å². The Morgan fingerprint density at radius 3 is 2.52 bits per heavy atom. The molecule has 2 rings (SSSR count). The van der Waals surface area contributed by atoms with E-state index in [4.69, 9.17) is 5.73 Å². The maximum Gasteiger partial charge on any atom is 0.324 e. The Hall–Kier alpha value is -2.69. The largest absolute Gasteiger partial charge is 0.506 e. The van der Waals surface area contributed by atoms with Gasteiger partial charge in [0.1, 0.15) is 5.75 Å². The first kappa shape index (κ1) is 16.7. The number of primary amides is 1. The van der Waals surface area contributed by atoms with E-state index in [-0.39, 0.29) is 5.75 Å². The molecular weight excluding hydrogens is 290 g/mol. The number of phenols is 1. The summed E-state index contributed by atoms with van der Waals surface area (Å²) in [6.45, 7) is 3.01. The van der Waals surface area contributed by atoms with Crippen LogP contribution in [-0.2, 0) is 0 Å². The van der Waals surface area contributed by atoms with Gasteiger partial charge in [0.25, 0.3) is 0 Å². The highest BCUT2D eigenvalue weighted by atomic mass is 16.3. The Labute approximate surface area is 136 Å². The molecule has 0 atom stereocenters. The van der Waals surface area contributed by atoms with Gasteiger partial charge in [0.15, 0.2) is 0 Å². The van der Waals surface area contributed by atoms with Crippen LogP contribution in [0.1, 0.15) is 26.2 Å². The maximum absolute atomic E-state index is 11.8. The Morgan fingerprint density at radius 1 is 1.17 bits per heavy atom. The lowest BCUT2D eigenvalue weighted by atomic mass is 10.2. The van der Waals surface area contributed by atoms with Gasteiger partial charge in [0.05, 0.1) is 11.4 Å². The molecular formula is C18H23N3O2. The molecule has 4 N–H and O–H groups in total. The molecule has 0 aliphatic carbocycles. The van der Waals surface area contributed by atoms with Crippen LogP contribution < -0.4 is 16.0 Å². The van der Waals surface area contributed by atoms with Crippen molar-refractivity contribution in [1.29, 1.82) is 0 Å². The highest BCUT2D eigenvalue weighted by Crippen LogP contribution is 2.34. The first-order valence-electron chi connectivity index (χ1n) is 7.85. The lowest BCUT2D eigenvalue weighted by Crippen LogP contribution is -2.31. The van der Waals surface area contributed by atoms with Crippen LogP contribution in [0.3, 0.4) is 0 Å². The number of hydrogen-bond donors (Lipinski definition) is 3. The topological polar surface area (TPSA) is 78.6 Å². The van der Waals surface area contributed by atoms with Crippen LogP contribution in [-0.4, -0.2) is 17.7 Å². The number of rotatable bonds is 7. The molecule has 0 bridgehead atoms. The monoisotopic (exact) mass is 313 g/mol. The van der Waals surface area contributed by atoms with Crippen molar-refractivity contribution in [3.05, 3.63) is 48.5 Å². The summed E-state index contributed by atoms with van der Waals surface area (Å²) in [5.41, 5.74) is 7.27. The zero-order valence-corrected chi connectivity index (χ0v) is 13.3. The number of hydrogen-bond acceptors (Lipinski definition) is 3. The third-order valence-corrected chi connectivity index (χ3v) is 3.56. The molecule has 0 aliphatic heterocycles. The molecule has 0 unspecified atom stereocenters. The van der Waals surface area contributed by atoms with Gasteiger partial charge in [-0.15, -0.1) is 0 Å². The fourth-order valence-electron chi connectivity index (χ4n) is 2.39. The summed E-state index contributed by atoms with van der Waals surface area (Å²) in [5.74, 6) is 0.00754. The second kappa shape index (κ2) is 8.08. The predicted octanol–water partition coefficient (Wildman–Crippen LogP) is 4.21. The number of urea groups is 1. The van der Waals surface area contributed by atoms with Gasteiger partial charge in [-0.1, -0.05) is 38.0 Å². The number of nitrogens with one attached hydrogen (secondary N) is 1. The number of benzene rings is 2. The van der Waals surface area contributed by atoms with E-state index in [2.05, 4.69) is 12.2 Å². The van der Waals surface area contributed by atoms with E-state index in [9.17, 15) is 9.90 Å². The average Bonchev–Trinajstić information content (AvgIpc) is 2.54. The number of para-hydroxylation sites is 1. The second-order valence-electron chi connectivity index (χ2n) is 5.35. The van der Waals surface area contributed by atoms with E-state index in [1.807, 2.05) is 24.3 Å². The van der Waals surface area contributed by atoms with E-state index in [0.717, 1.165) is 25.1 Å². The van der Waals surface area contributed by atoms with Crippen LogP contribution in [0.4, 0.5) is 21.9 Å². The van der Waals surface area contributed by atoms with Gasteiger partial charge in [-0.3, -0.25) is 4.90 Å².